The third-order valence-electron chi connectivity index (χ3n) is 9.90. The van der Waals surface area contributed by atoms with Crippen LogP contribution in [0.15, 0.2) is 190 Å². The maximum absolute atomic E-state index is 6.55. The molecule has 51 heavy (non-hydrogen) atoms. The van der Waals surface area contributed by atoms with Gasteiger partial charge in [-0.3, -0.25) is 0 Å². The summed E-state index contributed by atoms with van der Waals surface area (Å²) in [5.41, 5.74) is 9.20. The van der Waals surface area contributed by atoms with Crippen LogP contribution in [-0.2, 0) is 0 Å². The Morgan fingerprint density at radius 3 is 1.84 bits per heavy atom. The fourth-order valence-electron chi connectivity index (χ4n) is 7.29. The van der Waals surface area contributed by atoms with Crippen molar-refractivity contribution < 1.29 is 4.42 Å². The Morgan fingerprint density at radius 1 is 0.451 bits per heavy atom. The molecular weight excluding hydrogens is 623 g/mol. The van der Waals surface area contributed by atoms with E-state index in [0.29, 0.717) is 5.84 Å². The number of para-hydroxylation sites is 1. The molecule has 0 saturated carbocycles. The van der Waals surface area contributed by atoms with E-state index in [9.17, 15) is 0 Å². The van der Waals surface area contributed by atoms with Gasteiger partial charge in [-0.15, -0.1) is 0 Å². The molecule has 1 aliphatic rings. The van der Waals surface area contributed by atoms with Crippen LogP contribution < -0.4 is 5.32 Å². The van der Waals surface area contributed by atoms with E-state index in [-0.39, 0.29) is 6.17 Å². The van der Waals surface area contributed by atoms with E-state index in [1.807, 2.05) is 18.2 Å². The highest BCUT2D eigenvalue weighted by Crippen LogP contribution is 2.37. The van der Waals surface area contributed by atoms with Crippen molar-refractivity contribution in [3.63, 3.8) is 0 Å². The van der Waals surface area contributed by atoms with Gasteiger partial charge in [0.05, 0.1) is 0 Å². The molecule has 0 radical (unpaired) electrons. The Labute approximate surface area is 295 Å². The Balaban J connectivity index is 1.16. The number of rotatable bonds is 5. The van der Waals surface area contributed by atoms with Crippen molar-refractivity contribution in [1.29, 1.82) is 0 Å². The van der Waals surface area contributed by atoms with Crippen molar-refractivity contribution in [2.24, 2.45) is 9.98 Å². The van der Waals surface area contributed by atoms with Gasteiger partial charge >= 0.3 is 0 Å². The monoisotopic (exact) mass is 653 g/mol. The number of nitrogens with one attached hydrogen (secondary N) is 1. The first kappa shape index (κ1) is 29.2. The van der Waals surface area contributed by atoms with Gasteiger partial charge < -0.3 is 9.73 Å². The Morgan fingerprint density at radius 2 is 1.06 bits per heavy atom. The molecule has 0 spiro atoms. The zero-order chi connectivity index (χ0) is 33.7. The Kier molecular flexibility index (Phi) is 6.85. The number of hydrogen-bond acceptors (Lipinski definition) is 4. The molecule has 4 nitrogen and oxygen atoms in total. The second-order valence-electron chi connectivity index (χ2n) is 13.1. The first-order valence-electron chi connectivity index (χ1n) is 17.3. The summed E-state index contributed by atoms with van der Waals surface area (Å²) in [5, 5.41) is 10.5. The average Bonchev–Trinajstić information content (AvgIpc) is 3.59. The molecule has 240 valence electrons. The average molecular weight is 654 g/mol. The number of amidine groups is 2. The summed E-state index contributed by atoms with van der Waals surface area (Å²) in [5.74, 6) is 1.44. The van der Waals surface area contributed by atoms with Gasteiger partial charge in [-0.25, -0.2) is 9.98 Å². The minimum absolute atomic E-state index is 0.356. The van der Waals surface area contributed by atoms with Gasteiger partial charge in [0.25, 0.3) is 0 Å². The van der Waals surface area contributed by atoms with E-state index < -0.39 is 0 Å². The summed E-state index contributed by atoms with van der Waals surface area (Å²) in [4.78, 5) is 10.6. The van der Waals surface area contributed by atoms with Gasteiger partial charge in [0.15, 0.2) is 5.84 Å². The van der Waals surface area contributed by atoms with Crippen LogP contribution in [0, 0.1) is 0 Å². The van der Waals surface area contributed by atoms with Gasteiger partial charge in [-0.1, -0.05) is 146 Å². The zero-order valence-electron chi connectivity index (χ0n) is 27.6. The van der Waals surface area contributed by atoms with Gasteiger partial charge in [0, 0.05) is 21.9 Å². The molecule has 4 heteroatoms. The lowest BCUT2D eigenvalue weighted by Gasteiger charge is -2.24. The number of nitrogens with zero attached hydrogens (tertiary/aromatic N) is 2. The summed E-state index contributed by atoms with van der Waals surface area (Å²) in [7, 11) is 0. The maximum atomic E-state index is 6.55. The van der Waals surface area contributed by atoms with Crippen LogP contribution in [0.4, 0.5) is 0 Å². The van der Waals surface area contributed by atoms with Crippen molar-refractivity contribution in [3.8, 4) is 22.3 Å². The minimum Gasteiger partial charge on any atom is -0.456 e. The second kappa shape index (κ2) is 12.0. The molecule has 0 amide bonds. The number of benzene rings is 8. The lowest BCUT2D eigenvalue weighted by atomic mass is 9.96. The SMILES string of the molecule is c1ccc(-c2ccc(-c3cc(C4=NC(c5ccc6ccccc6c5)=NC(c5ccc6ccccc6c5)N4)c4c(c3)oc3ccccc34)cc2)cc1. The second-order valence-corrected chi connectivity index (χ2v) is 13.1. The fourth-order valence-corrected chi connectivity index (χ4v) is 7.29. The van der Waals surface area contributed by atoms with Crippen LogP contribution >= 0.6 is 0 Å². The molecule has 2 heterocycles. The fraction of sp³-hybridized carbons (Fsp3) is 0.0213. The first-order chi connectivity index (χ1) is 25.2. The topological polar surface area (TPSA) is 49.9 Å². The summed E-state index contributed by atoms with van der Waals surface area (Å²) in [6, 6.07) is 61.7. The van der Waals surface area contributed by atoms with Gasteiger partial charge in [-0.2, -0.15) is 0 Å². The molecule has 0 saturated heterocycles. The van der Waals surface area contributed by atoms with E-state index in [0.717, 1.165) is 61.0 Å². The van der Waals surface area contributed by atoms with Crippen molar-refractivity contribution >= 4 is 55.2 Å². The predicted octanol–water partition coefficient (Wildman–Crippen LogP) is 11.7. The van der Waals surface area contributed by atoms with Crippen molar-refractivity contribution in [1.82, 2.24) is 5.32 Å². The van der Waals surface area contributed by atoms with E-state index in [1.165, 1.54) is 27.3 Å². The van der Waals surface area contributed by atoms with E-state index in [1.54, 1.807) is 0 Å². The minimum atomic E-state index is -0.356. The molecule has 1 aromatic heterocycles. The van der Waals surface area contributed by atoms with Crippen LogP contribution in [0.3, 0.4) is 0 Å². The summed E-state index contributed by atoms with van der Waals surface area (Å²) < 4.78 is 6.55. The van der Waals surface area contributed by atoms with Crippen LogP contribution in [0.25, 0.3) is 65.7 Å². The highest BCUT2D eigenvalue weighted by Gasteiger charge is 2.25. The molecule has 1 unspecified atom stereocenters. The highest BCUT2D eigenvalue weighted by molar-refractivity contribution is 6.22. The Hall–Kier alpha value is -6.78. The number of hydrogen-bond donors (Lipinski definition) is 1. The summed E-state index contributed by atoms with van der Waals surface area (Å²) in [6.07, 6.45) is -0.356. The van der Waals surface area contributed by atoms with Crippen LogP contribution in [0.5, 0.6) is 0 Å². The molecule has 9 aromatic rings. The predicted molar refractivity (Wildman–Crippen MR) is 211 cm³/mol. The largest absolute Gasteiger partial charge is 0.456 e. The van der Waals surface area contributed by atoms with Crippen LogP contribution in [0.1, 0.15) is 22.9 Å². The van der Waals surface area contributed by atoms with Crippen molar-refractivity contribution in [2.45, 2.75) is 6.17 Å². The number of aliphatic imine (C=N–C) groups is 2. The van der Waals surface area contributed by atoms with Crippen molar-refractivity contribution in [3.05, 3.63) is 193 Å². The molecular formula is C47H31N3O. The quantitative estimate of drug-likeness (QED) is 0.201. The van der Waals surface area contributed by atoms with Crippen LogP contribution in [0.2, 0.25) is 0 Å². The third kappa shape index (κ3) is 5.25. The van der Waals surface area contributed by atoms with Gasteiger partial charge in [0.1, 0.15) is 23.2 Å². The molecule has 1 atom stereocenters. The molecule has 0 fully saturated rings. The van der Waals surface area contributed by atoms with Gasteiger partial charge in [-0.05, 0) is 79.7 Å². The van der Waals surface area contributed by atoms with E-state index >= 15 is 0 Å². The molecule has 0 aliphatic carbocycles. The molecule has 1 aliphatic heterocycles. The molecule has 10 rings (SSSR count). The van der Waals surface area contributed by atoms with Crippen molar-refractivity contribution in [2.75, 3.05) is 0 Å². The summed E-state index contributed by atoms with van der Waals surface area (Å²) >= 11 is 0. The Bertz CT molecular complexity index is 2830. The smallest absolute Gasteiger partial charge is 0.159 e. The molecule has 8 aromatic carbocycles. The van der Waals surface area contributed by atoms with E-state index in [2.05, 4.69) is 163 Å². The van der Waals surface area contributed by atoms with Crippen LogP contribution in [-0.4, -0.2) is 11.7 Å². The molecule has 1 N–H and O–H groups in total. The van der Waals surface area contributed by atoms with Gasteiger partial charge in [0.2, 0.25) is 0 Å². The maximum Gasteiger partial charge on any atom is 0.159 e. The lowest BCUT2D eigenvalue weighted by molar-refractivity contribution is 0.668. The third-order valence-corrected chi connectivity index (χ3v) is 9.90. The van der Waals surface area contributed by atoms with E-state index in [4.69, 9.17) is 14.4 Å². The normalized spacial score (nSPS) is 14.5. The standard InChI is InChI=1S/C47H31N3O/c1-2-10-30(11-3-1)33-18-20-34(21-19-33)39-28-41(44-40-16-8-9-17-42(40)51-43(44)29-39)47-49-45(37-24-22-31-12-4-6-14-35(31)26-37)48-46(50-47)38-25-23-32-13-5-7-15-36(32)27-38/h1-29,45H,(H,48,49,50). The lowest BCUT2D eigenvalue weighted by Crippen LogP contribution is -2.33. The first-order valence-corrected chi connectivity index (χ1v) is 17.3. The zero-order valence-corrected chi connectivity index (χ0v) is 27.6. The number of furan rings is 1. The summed E-state index contributed by atoms with van der Waals surface area (Å²) in [6.45, 7) is 0. The number of fused-ring (bicyclic) bond motifs is 5. The highest BCUT2D eigenvalue weighted by atomic mass is 16.3. The molecule has 0 bridgehead atoms.